The summed E-state index contributed by atoms with van der Waals surface area (Å²) in [6, 6.07) is 8.11. The Hall–Kier alpha value is -1.81. The van der Waals surface area contributed by atoms with Crippen molar-refractivity contribution in [1.82, 2.24) is 9.88 Å². The van der Waals surface area contributed by atoms with Crippen LogP contribution in [-0.4, -0.2) is 16.3 Å². The normalized spacial score (nSPS) is 11.5. The number of nitrogens with one attached hydrogen (secondary N) is 2. The minimum atomic E-state index is -0.303. The van der Waals surface area contributed by atoms with Gasteiger partial charge in [0.15, 0.2) is 11.7 Å². The summed E-state index contributed by atoms with van der Waals surface area (Å²) in [4.78, 5) is 11.9. The molecule has 1 aromatic heterocycles. The second kappa shape index (κ2) is 7.45. The number of benzene rings is 1. The third-order valence-electron chi connectivity index (χ3n) is 2.81. The Morgan fingerprint density at radius 1 is 1.32 bits per heavy atom. The number of pyridine rings is 1. The van der Waals surface area contributed by atoms with E-state index in [2.05, 4.69) is 10.6 Å². The molecule has 2 N–H and O–H groups in total. The molecule has 5 nitrogen and oxygen atoms in total. The average Bonchev–Trinajstić information content (AvgIpc) is 2.48. The maximum absolute atomic E-state index is 11.9. The molecular weight excluding hydrogens is 343 g/mol. The Balaban J connectivity index is 2.40. The smallest absolute Gasteiger partial charge is 0.255 e. The van der Waals surface area contributed by atoms with Gasteiger partial charge in [0.1, 0.15) is 0 Å². The van der Waals surface area contributed by atoms with Crippen LogP contribution in [0.1, 0.15) is 0 Å². The third kappa shape index (κ3) is 3.69. The van der Waals surface area contributed by atoms with E-state index in [9.17, 15) is 4.79 Å². The van der Waals surface area contributed by atoms with Gasteiger partial charge in [-0.1, -0.05) is 29.3 Å². The van der Waals surface area contributed by atoms with Crippen LogP contribution in [0.25, 0.3) is 5.69 Å². The molecule has 0 fully saturated rings. The Bertz CT molecular complexity index is 749. The molecule has 0 unspecified atom stereocenters. The number of hydrogen-bond acceptors (Lipinski definition) is 5. The van der Waals surface area contributed by atoms with Crippen molar-refractivity contribution in [1.29, 1.82) is 5.26 Å². The van der Waals surface area contributed by atoms with Crippen LogP contribution in [0.4, 0.5) is 5.69 Å². The van der Waals surface area contributed by atoms with E-state index >= 15 is 0 Å². The summed E-state index contributed by atoms with van der Waals surface area (Å²) >= 11 is 14.0. The largest absolute Gasteiger partial charge is 0.356 e. The highest BCUT2D eigenvalue weighted by molar-refractivity contribution is 7.99. The molecule has 0 bridgehead atoms. The fourth-order valence-electron chi connectivity index (χ4n) is 1.86. The number of thioether (sulfide) groups is 1. The van der Waals surface area contributed by atoms with E-state index in [-0.39, 0.29) is 11.1 Å². The molecule has 8 heteroatoms. The van der Waals surface area contributed by atoms with Crippen molar-refractivity contribution in [3.05, 3.63) is 56.9 Å². The fraction of sp³-hybridized carbons (Fsp3) is 0.143. The standard InChI is InChI=1S/C14H12Cl2N4OS/c1-22-14(18-8-17)19-9-6-10(15)13(11(16)7-9)20-5-3-2-4-12(20)21/h2-7,14,18-19H,1H3/t14-/m1/s1. The first-order chi connectivity index (χ1) is 10.6. The molecule has 0 amide bonds. The zero-order valence-electron chi connectivity index (χ0n) is 11.5. The maximum Gasteiger partial charge on any atom is 0.255 e. The van der Waals surface area contributed by atoms with Crippen molar-refractivity contribution >= 4 is 40.7 Å². The van der Waals surface area contributed by atoms with E-state index in [4.69, 9.17) is 28.5 Å². The van der Waals surface area contributed by atoms with Crippen LogP contribution in [0, 0.1) is 11.5 Å². The first-order valence-corrected chi connectivity index (χ1v) is 8.22. The lowest BCUT2D eigenvalue weighted by Gasteiger charge is -2.18. The molecule has 2 aromatic rings. The molecule has 1 aromatic carbocycles. The first-order valence-electron chi connectivity index (χ1n) is 6.18. The molecule has 1 heterocycles. The molecule has 1 atom stereocenters. The van der Waals surface area contributed by atoms with Crippen molar-refractivity contribution in [2.75, 3.05) is 11.6 Å². The number of aromatic nitrogens is 1. The van der Waals surface area contributed by atoms with Crippen LogP contribution >= 0.6 is 35.0 Å². The summed E-state index contributed by atoms with van der Waals surface area (Å²) in [5.41, 5.74) is 0.542. The minimum absolute atomic E-state index is 0.222. The van der Waals surface area contributed by atoms with Crippen LogP contribution in [-0.2, 0) is 0 Å². The monoisotopic (exact) mass is 354 g/mol. The zero-order valence-corrected chi connectivity index (χ0v) is 13.8. The predicted octanol–water partition coefficient (Wildman–Crippen LogP) is 3.27. The van der Waals surface area contributed by atoms with E-state index in [1.165, 1.54) is 22.4 Å². The number of anilines is 1. The van der Waals surface area contributed by atoms with Gasteiger partial charge in [-0.15, -0.1) is 11.8 Å². The van der Waals surface area contributed by atoms with Gasteiger partial charge in [-0.3, -0.25) is 14.7 Å². The van der Waals surface area contributed by atoms with Crippen molar-refractivity contribution in [3.63, 3.8) is 0 Å². The van der Waals surface area contributed by atoms with Gasteiger partial charge in [-0.25, -0.2) is 0 Å². The number of nitrogens with zero attached hydrogens (tertiary/aromatic N) is 2. The average molecular weight is 355 g/mol. The Morgan fingerprint density at radius 3 is 2.55 bits per heavy atom. The highest BCUT2D eigenvalue weighted by Gasteiger charge is 2.13. The Morgan fingerprint density at radius 2 is 2.00 bits per heavy atom. The molecular formula is C14H12Cl2N4OS. The molecule has 2 rings (SSSR count). The first kappa shape index (κ1) is 16.6. The van der Waals surface area contributed by atoms with Gasteiger partial charge < -0.3 is 5.32 Å². The number of halogens is 2. The highest BCUT2D eigenvalue weighted by Crippen LogP contribution is 2.32. The SMILES string of the molecule is CS[C@H](NC#N)Nc1cc(Cl)c(-n2ccccc2=O)c(Cl)c1. The third-order valence-corrected chi connectivity index (χ3v) is 4.09. The molecule has 0 saturated carbocycles. The fourth-order valence-corrected chi connectivity index (χ4v) is 2.95. The van der Waals surface area contributed by atoms with Gasteiger partial charge in [-0.05, 0) is 24.5 Å². The molecule has 0 radical (unpaired) electrons. The van der Waals surface area contributed by atoms with Crippen LogP contribution in [0.2, 0.25) is 10.0 Å². The van der Waals surface area contributed by atoms with Gasteiger partial charge in [0, 0.05) is 18.0 Å². The Kier molecular flexibility index (Phi) is 5.61. The van der Waals surface area contributed by atoms with Gasteiger partial charge in [0.05, 0.1) is 15.7 Å². The van der Waals surface area contributed by atoms with Gasteiger partial charge in [-0.2, -0.15) is 5.26 Å². The second-order valence-electron chi connectivity index (χ2n) is 4.21. The van der Waals surface area contributed by atoms with Crippen LogP contribution in [0.15, 0.2) is 41.3 Å². The van der Waals surface area contributed by atoms with Crippen molar-refractivity contribution in [2.45, 2.75) is 5.50 Å². The van der Waals surface area contributed by atoms with Crippen molar-refractivity contribution < 1.29 is 0 Å². The van der Waals surface area contributed by atoms with Crippen molar-refractivity contribution in [2.24, 2.45) is 0 Å². The molecule has 0 aliphatic carbocycles. The van der Waals surface area contributed by atoms with Crippen LogP contribution < -0.4 is 16.2 Å². The van der Waals surface area contributed by atoms with E-state index in [0.717, 1.165) is 0 Å². The lowest BCUT2D eigenvalue weighted by molar-refractivity contribution is 0.885. The predicted molar refractivity (Wildman–Crippen MR) is 91.7 cm³/mol. The zero-order chi connectivity index (χ0) is 16.1. The van der Waals surface area contributed by atoms with E-state index in [0.29, 0.717) is 21.4 Å². The molecule has 0 saturated heterocycles. The minimum Gasteiger partial charge on any atom is -0.356 e. The maximum atomic E-state index is 11.9. The highest BCUT2D eigenvalue weighted by atomic mass is 35.5. The van der Waals surface area contributed by atoms with Crippen LogP contribution in [0.5, 0.6) is 0 Å². The van der Waals surface area contributed by atoms with Gasteiger partial charge in [0.2, 0.25) is 0 Å². The Labute approximate surface area is 141 Å². The number of nitriles is 1. The summed E-state index contributed by atoms with van der Waals surface area (Å²) < 4.78 is 1.38. The molecule has 22 heavy (non-hydrogen) atoms. The van der Waals surface area contributed by atoms with E-state index in [1.807, 2.05) is 12.4 Å². The van der Waals surface area contributed by atoms with E-state index < -0.39 is 0 Å². The van der Waals surface area contributed by atoms with Crippen LogP contribution in [0.3, 0.4) is 0 Å². The molecule has 0 aliphatic rings. The summed E-state index contributed by atoms with van der Waals surface area (Å²) in [5, 5.41) is 15.0. The van der Waals surface area contributed by atoms with Gasteiger partial charge >= 0.3 is 0 Å². The second-order valence-corrected chi connectivity index (χ2v) is 5.97. The lowest BCUT2D eigenvalue weighted by Crippen LogP contribution is -2.29. The lowest BCUT2D eigenvalue weighted by atomic mass is 10.2. The summed E-state index contributed by atoms with van der Waals surface area (Å²) in [5.74, 6) is 0. The van der Waals surface area contributed by atoms with E-state index in [1.54, 1.807) is 30.5 Å². The molecule has 0 aliphatic heterocycles. The summed E-state index contributed by atoms with van der Waals surface area (Å²) in [6.07, 6.45) is 5.32. The molecule has 0 spiro atoms. The quantitative estimate of drug-likeness (QED) is 0.489. The summed E-state index contributed by atoms with van der Waals surface area (Å²) in [6.45, 7) is 0. The topological polar surface area (TPSA) is 69.8 Å². The van der Waals surface area contributed by atoms with Crippen molar-refractivity contribution in [3.8, 4) is 11.9 Å². The summed E-state index contributed by atoms with van der Waals surface area (Å²) in [7, 11) is 0. The molecule has 114 valence electrons. The number of hydrogen-bond donors (Lipinski definition) is 2. The van der Waals surface area contributed by atoms with Gasteiger partial charge in [0.25, 0.3) is 5.56 Å². The number of rotatable bonds is 5.